The lowest BCUT2D eigenvalue weighted by atomic mass is 9.99. The standard InChI is InChI=1S/C21H20F2N2O3/c1-12-4-5-14(10-13(12)2)18-19(21(27)25(20(18)26)8-9-28-3)24-15-6-7-16(22)17(23)11-15/h4-7,10-11,24H,8-9H2,1-3H3. The van der Waals surface area contributed by atoms with E-state index in [1.165, 1.54) is 13.2 Å². The third-order valence-electron chi connectivity index (χ3n) is 4.67. The van der Waals surface area contributed by atoms with Gasteiger partial charge < -0.3 is 10.1 Å². The van der Waals surface area contributed by atoms with Gasteiger partial charge in [-0.2, -0.15) is 0 Å². The zero-order valence-electron chi connectivity index (χ0n) is 15.8. The second-order valence-electron chi connectivity index (χ2n) is 6.56. The fraction of sp³-hybridized carbons (Fsp3) is 0.238. The number of imide groups is 1. The van der Waals surface area contributed by atoms with Gasteiger partial charge >= 0.3 is 0 Å². The van der Waals surface area contributed by atoms with Gasteiger partial charge in [-0.05, 0) is 42.7 Å². The average molecular weight is 386 g/mol. The number of ether oxygens (including phenoxy) is 1. The first-order chi connectivity index (χ1) is 13.3. The Morgan fingerprint density at radius 2 is 1.71 bits per heavy atom. The van der Waals surface area contributed by atoms with Crippen LogP contribution in [0.15, 0.2) is 42.1 Å². The van der Waals surface area contributed by atoms with E-state index in [4.69, 9.17) is 4.74 Å². The van der Waals surface area contributed by atoms with Crippen molar-refractivity contribution in [3.63, 3.8) is 0 Å². The molecule has 1 N–H and O–H groups in total. The summed E-state index contributed by atoms with van der Waals surface area (Å²) in [6.07, 6.45) is 0. The minimum atomic E-state index is -1.05. The lowest BCUT2D eigenvalue weighted by Crippen LogP contribution is -2.35. The highest BCUT2D eigenvalue weighted by Gasteiger charge is 2.39. The molecule has 0 saturated carbocycles. The van der Waals surface area contributed by atoms with E-state index in [-0.39, 0.29) is 30.1 Å². The van der Waals surface area contributed by atoms with E-state index in [1.807, 2.05) is 26.0 Å². The summed E-state index contributed by atoms with van der Waals surface area (Å²) in [7, 11) is 1.48. The van der Waals surface area contributed by atoms with Crippen molar-refractivity contribution in [2.24, 2.45) is 0 Å². The van der Waals surface area contributed by atoms with E-state index < -0.39 is 23.4 Å². The molecule has 0 atom stereocenters. The van der Waals surface area contributed by atoms with Gasteiger partial charge in [-0.15, -0.1) is 0 Å². The van der Waals surface area contributed by atoms with Crippen molar-refractivity contribution in [3.8, 4) is 0 Å². The second-order valence-corrected chi connectivity index (χ2v) is 6.56. The molecule has 1 aliphatic heterocycles. The fourth-order valence-corrected chi connectivity index (χ4v) is 2.96. The number of nitrogens with zero attached hydrogens (tertiary/aromatic N) is 1. The van der Waals surface area contributed by atoms with Crippen LogP contribution in [0.4, 0.5) is 14.5 Å². The van der Waals surface area contributed by atoms with Crippen molar-refractivity contribution in [3.05, 3.63) is 70.4 Å². The minimum absolute atomic E-state index is 0.0235. The van der Waals surface area contributed by atoms with E-state index in [0.29, 0.717) is 5.56 Å². The number of nitrogens with one attached hydrogen (secondary N) is 1. The Morgan fingerprint density at radius 1 is 0.964 bits per heavy atom. The van der Waals surface area contributed by atoms with Crippen LogP contribution < -0.4 is 5.32 Å². The van der Waals surface area contributed by atoms with E-state index in [9.17, 15) is 18.4 Å². The van der Waals surface area contributed by atoms with Crippen LogP contribution in [0.1, 0.15) is 16.7 Å². The van der Waals surface area contributed by atoms with Crippen LogP contribution in [0.3, 0.4) is 0 Å². The average Bonchev–Trinajstić information content (AvgIpc) is 2.89. The van der Waals surface area contributed by atoms with Crippen molar-refractivity contribution in [1.29, 1.82) is 0 Å². The molecule has 1 heterocycles. The Balaban J connectivity index is 2.07. The van der Waals surface area contributed by atoms with Gasteiger partial charge in [-0.3, -0.25) is 14.5 Å². The van der Waals surface area contributed by atoms with Crippen LogP contribution in [0, 0.1) is 25.5 Å². The van der Waals surface area contributed by atoms with Crippen molar-refractivity contribution < 1.29 is 23.1 Å². The maximum absolute atomic E-state index is 13.6. The summed E-state index contributed by atoms with van der Waals surface area (Å²) < 4.78 is 31.8. The number of halogens is 2. The Hall–Kier alpha value is -3.06. The molecular weight excluding hydrogens is 366 g/mol. The molecule has 0 saturated heterocycles. The molecule has 1 aliphatic rings. The maximum atomic E-state index is 13.6. The number of hydrogen-bond donors (Lipinski definition) is 1. The number of carbonyl (C=O) groups excluding carboxylic acids is 2. The molecule has 7 heteroatoms. The van der Waals surface area contributed by atoms with Gasteiger partial charge in [0.05, 0.1) is 18.7 Å². The third-order valence-corrected chi connectivity index (χ3v) is 4.67. The minimum Gasteiger partial charge on any atom is -0.383 e. The molecule has 2 aromatic carbocycles. The SMILES string of the molecule is COCCN1C(=O)C(Nc2ccc(F)c(F)c2)=C(c2ccc(C)c(C)c2)C1=O. The van der Waals surface area contributed by atoms with E-state index in [0.717, 1.165) is 28.2 Å². The molecule has 0 radical (unpaired) electrons. The smallest absolute Gasteiger partial charge is 0.278 e. The van der Waals surface area contributed by atoms with Gasteiger partial charge in [0.25, 0.3) is 11.8 Å². The van der Waals surface area contributed by atoms with Gasteiger partial charge in [0.15, 0.2) is 11.6 Å². The van der Waals surface area contributed by atoms with Crippen molar-refractivity contribution >= 4 is 23.1 Å². The molecular formula is C21H20F2N2O3. The number of aryl methyl sites for hydroxylation is 2. The molecule has 0 spiro atoms. The van der Waals surface area contributed by atoms with Crippen molar-refractivity contribution in [2.75, 3.05) is 25.6 Å². The number of rotatable bonds is 6. The Bertz CT molecular complexity index is 986. The van der Waals surface area contributed by atoms with Crippen molar-refractivity contribution in [1.82, 2.24) is 4.90 Å². The summed E-state index contributed by atoms with van der Waals surface area (Å²) in [6.45, 7) is 4.13. The highest BCUT2D eigenvalue weighted by molar-refractivity contribution is 6.36. The highest BCUT2D eigenvalue weighted by Crippen LogP contribution is 2.31. The van der Waals surface area contributed by atoms with E-state index in [1.54, 1.807) is 6.07 Å². The number of hydrogen-bond acceptors (Lipinski definition) is 4. The molecule has 28 heavy (non-hydrogen) atoms. The number of methoxy groups -OCH3 is 1. The summed E-state index contributed by atoms with van der Waals surface area (Å²) in [4.78, 5) is 26.9. The maximum Gasteiger partial charge on any atom is 0.278 e. The molecule has 0 aromatic heterocycles. The van der Waals surface area contributed by atoms with Gasteiger partial charge in [0.1, 0.15) is 5.70 Å². The number of amides is 2. The van der Waals surface area contributed by atoms with Crippen LogP contribution in [0.2, 0.25) is 0 Å². The first kappa shape index (κ1) is 19.7. The molecule has 3 rings (SSSR count). The van der Waals surface area contributed by atoms with Crippen LogP contribution in [-0.2, 0) is 14.3 Å². The van der Waals surface area contributed by atoms with Crippen LogP contribution >= 0.6 is 0 Å². The van der Waals surface area contributed by atoms with E-state index >= 15 is 0 Å². The lowest BCUT2D eigenvalue weighted by Gasteiger charge is -2.14. The lowest BCUT2D eigenvalue weighted by molar-refractivity contribution is -0.137. The first-order valence-corrected chi connectivity index (χ1v) is 8.72. The van der Waals surface area contributed by atoms with Gasteiger partial charge in [-0.1, -0.05) is 18.2 Å². The molecule has 5 nitrogen and oxygen atoms in total. The molecule has 0 aliphatic carbocycles. The molecule has 0 bridgehead atoms. The normalized spacial score (nSPS) is 14.2. The fourth-order valence-electron chi connectivity index (χ4n) is 2.96. The van der Waals surface area contributed by atoms with Crippen molar-refractivity contribution in [2.45, 2.75) is 13.8 Å². The predicted octanol–water partition coefficient (Wildman–Crippen LogP) is 3.42. The molecule has 2 aromatic rings. The molecule has 146 valence electrons. The number of carbonyl (C=O) groups is 2. The summed E-state index contributed by atoms with van der Waals surface area (Å²) in [5, 5.41) is 2.80. The summed E-state index contributed by atoms with van der Waals surface area (Å²) in [5.41, 5.74) is 2.97. The number of anilines is 1. The van der Waals surface area contributed by atoms with Gasteiger partial charge in [0, 0.05) is 18.9 Å². The van der Waals surface area contributed by atoms with E-state index in [2.05, 4.69) is 5.32 Å². The topological polar surface area (TPSA) is 58.6 Å². The van der Waals surface area contributed by atoms with Gasteiger partial charge in [0.2, 0.25) is 0 Å². The Kier molecular flexibility index (Phi) is 5.56. The zero-order valence-corrected chi connectivity index (χ0v) is 15.8. The predicted molar refractivity (Wildman–Crippen MR) is 101 cm³/mol. The zero-order chi connectivity index (χ0) is 20.4. The van der Waals surface area contributed by atoms with Crippen LogP contribution in [0.25, 0.3) is 5.57 Å². The summed E-state index contributed by atoms with van der Waals surface area (Å²) in [5.74, 6) is -3.05. The summed E-state index contributed by atoms with van der Waals surface area (Å²) >= 11 is 0. The molecule has 0 unspecified atom stereocenters. The Morgan fingerprint density at radius 3 is 2.36 bits per heavy atom. The quantitative estimate of drug-likeness (QED) is 0.773. The van der Waals surface area contributed by atoms with Crippen LogP contribution in [0.5, 0.6) is 0 Å². The second kappa shape index (κ2) is 7.90. The largest absolute Gasteiger partial charge is 0.383 e. The number of benzene rings is 2. The third kappa shape index (κ3) is 3.66. The summed E-state index contributed by atoms with van der Waals surface area (Å²) in [6, 6.07) is 8.65. The highest BCUT2D eigenvalue weighted by atomic mass is 19.2. The first-order valence-electron chi connectivity index (χ1n) is 8.72. The van der Waals surface area contributed by atoms with Crippen LogP contribution in [-0.4, -0.2) is 37.0 Å². The Labute approximate surface area is 161 Å². The molecule has 2 amide bonds. The van der Waals surface area contributed by atoms with Gasteiger partial charge in [-0.25, -0.2) is 8.78 Å². The molecule has 0 fully saturated rings. The monoisotopic (exact) mass is 386 g/mol.